The number of unbranched alkanes of at least 4 members (excludes halogenated alkanes) is 2. The number of benzene rings is 1. The van der Waals surface area contributed by atoms with Crippen LogP contribution in [0.25, 0.3) is 0 Å². The predicted molar refractivity (Wildman–Crippen MR) is 79.6 cm³/mol. The molecule has 3 N–H and O–H groups in total. The van der Waals surface area contributed by atoms with E-state index in [-0.39, 0.29) is 0 Å². The second-order valence-corrected chi connectivity index (χ2v) is 4.73. The minimum atomic E-state index is 0.297. The highest BCUT2D eigenvalue weighted by Crippen LogP contribution is 2.08. The third-order valence-electron chi connectivity index (χ3n) is 2.91. The fraction of sp³-hybridized carbons (Fsp3) is 0.500. The van der Waals surface area contributed by atoms with Gasteiger partial charge in [-0.1, -0.05) is 24.0 Å². The number of hydrogen-bond donors (Lipinski definition) is 2. The largest absolute Gasteiger partial charge is 0.396 e. The molecule has 104 valence electrons. The Morgan fingerprint density at radius 2 is 2.11 bits per heavy atom. The van der Waals surface area contributed by atoms with Crippen molar-refractivity contribution >= 4 is 0 Å². The molecule has 0 saturated heterocycles. The van der Waals surface area contributed by atoms with Crippen LogP contribution in [0.4, 0.5) is 0 Å². The monoisotopic (exact) mass is 260 g/mol. The van der Waals surface area contributed by atoms with Gasteiger partial charge in [0.05, 0.1) is 6.54 Å². The molecule has 3 nitrogen and oxygen atoms in total. The number of hydrogen-bond acceptors (Lipinski definition) is 3. The van der Waals surface area contributed by atoms with Crippen molar-refractivity contribution < 1.29 is 5.11 Å². The summed E-state index contributed by atoms with van der Waals surface area (Å²) in [7, 11) is 2.12. The summed E-state index contributed by atoms with van der Waals surface area (Å²) in [6.45, 7) is 2.68. The number of nitrogens with zero attached hydrogens (tertiary/aromatic N) is 1. The van der Waals surface area contributed by atoms with Crippen molar-refractivity contribution in [2.45, 2.75) is 25.8 Å². The lowest BCUT2D eigenvalue weighted by Crippen LogP contribution is -2.19. The van der Waals surface area contributed by atoms with Gasteiger partial charge >= 0.3 is 0 Å². The Morgan fingerprint density at radius 3 is 2.84 bits per heavy atom. The summed E-state index contributed by atoms with van der Waals surface area (Å²) in [4.78, 5) is 2.30. The van der Waals surface area contributed by atoms with Crippen LogP contribution in [0.2, 0.25) is 0 Å². The number of aliphatic hydroxyl groups excluding tert-OH is 1. The molecular weight excluding hydrogens is 236 g/mol. The zero-order chi connectivity index (χ0) is 13.9. The normalized spacial score (nSPS) is 10.3. The molecule has 3 heteroatoms. The third-order valence-corrected chi connectivity index (χ3v) is 2.91. The summed E-state index contributed by atoms with van der Waals surface area (Å²) in [5.74, 6) is 5.93. The molecule has 0 spiro atoms. The van der Waals surface area contributed by atoms with Crippen molar-refractivity contribution in [3.8, 4) is 11.8 Å². The third kappa shape index (κ3) is 6.97. The molecule has 0 aromatic heterocycles. The fourth-order valence-corrected chi connectivity index (χ4v) is 1.96. The van der Waals surface area contributed by atoms with Gasteiger partial charge in [0.15, 0.2) is 0 Å². The first kappa shape index (κ1) is 15.7. The van der Waals surface area contributed by atoms with E-state index in [1.165, 1.54) is 5.56 Å². The van der Waals surface area contributed by atoms with Crippen LogP contribution in [0.3, 0.4) is 0 Å². The molecule has 1 aromatic rings. The Morgan fingerprint density at radius 1 is 1.26 bits per heavy atom. The first-order chi connectivity index (χ1) is 9.26. The molecule has 0 aliphatic carbocycles. The van der Waals surface area contributed by atoms with E-state index in [0.29, 0.717) is 13.2 Å². The van der Waals surface area contributed by atoms with Crippen molar-refractivity contribution in [2.24, 2.45) is 5.73 Å². The van der Waals surface area contributed by atoms with E-state index < -0.39 is 0 Å². The van der Waals surface area contributed by atoms with Crippen LogP contribution in [0.1, 0.15) is 30.4 Å². The lowest BCUT2D eigenvalue weighted by molar-refractivity contribution is 0.271. The van der Waals surface area contributed by atoms with Crippen LogP contribution in [0, 0.1) is 11.8 Å². The quantitative estimate of drug-likeness (QED) is 0.578. The first-order valence-electron chi connectivity index (χ1n) is 6.83. The van der Waals surface area contributed by atoms with Crippen LogP contribution >= 0.6 is 0 Å². The molecule has 0 aliphatic rings. The van der Waals surface area contributed by atoms with Crippen molar-refractivity contribution in [3.63, 3.8) is 0 Å². The Hall–Kier alpha value is -1.34. The van der Waals surface area contributed by atoms with Gasteiger partial charge in [-0.05, 0) is 50.6 Å². The second kappa shape index (κ2) is 9.57. The molecule has 0 bridgehead atoms. The minimum absolute atomic E-state index is 0.297. The van der Waals surface area contributed by atoms with Gasteiger partial charge in [-0.3, -0.25) is 0 Å². The highest BCUT2D eigenvalue weighted by atomic mass is 16.2. The fourth-order valence-electron chi connectivity index (χ4n) is 1.96. The molecule has 1 rings (SSSR count). The van der Waals surface area contributed by atoms with Crippen molar-refractivity contribution in [1.82, 2.24) is 4.90 Å². The van der Waals surface area contributed by atoms with E-state index in [1.54, 1.807) is 0 Å². The number of aliphatic hydroxyl groups is 1. The maximum atomic E-state index is 8.73. The molecule has 0 fully saturated rings. The summed E-state index contributed by atoms with van der Waals surface area (Å²) in [6.07, 6.45) is 3.12. The Labute approximate surface area is 116 Å². The maximum absolute atomic E-state index is 8.73. The van der Waals surface area contributed by atoms with E-state index in [4.69, 9.17) is 10.8 Å². The van der Waals surface area contributed by atoms with Crippen LogP contribution in [-0.4, -0.2) is 36.8 Å². The van der Waals surface area contributed by atoms with E-state index in [1.807, 2.05) is 12.1 Å². The molecule has 0 heterocycles. The summed E-state index contributed by atoms with van der Waals surface area (Å²) in [5, 5.41) is 8.73. The van der Waals surface area contributed by atoms with Crippen LogP contribution < -0.4 is 5.73 Å². The molecule has 19 heavy (non-hydrogen) atoms. The van der Waals surface area contributed by atoms with E-state index in [0.717, 1.165) is 37.9 Å². The molecule has 1 aromatic carbocycles. The topological polar surface area (TPSA) is 49.5 Å². The Bertz CT molecular complexity index is 420. The number of nitrogens with two attached hydrogens (primary N) is 1. The van der Waals surface area contributed by atoms with Gasteiger partial charge in [0, 0.05) is 18.7 Å². The highest BCUT2D eigenvalue weighted by Gasteiger charge is 2.00. The van der Waals surface area contributed by atoms with Crippen molar-refractivity contribution in [3.05, 3.63) is 35.4 Å². The first-order valence-corrected chi connectivity index (χ1v) is 6.83. The number of rotatable bonds is 7. The van der Waals surface area contributed by atoms with Crippen molar-refractivity contribution in [1.29, 1.82) is 0 Å². The molecule has 0 saturated carbocycles. The van der Waals surface area contributed by atoms with Gasteiger partial charge in [0.1, 0.15) is 0 Å². The Balaban J connectivity index is 2.43. The SMILES string of the molecule is CN(CCCCCO)Cc1cccc(C#CCN)c1. The van der Waals surface area contributed by atoms with Crippen LogP contribution in [0.5, 0.6) is 0 Å². The second-order valence-electron chi connectivity index (χ2n) is 4.73. The maximum Gasteiger partial charge on any atom is 0.0555 e. The summed E-state index contributed by atoms with van der Waals surface area (Å²) < 4.78 is 0. The van der Waals surface area contributed by atoms with Crippen molar-refractivity contribution in [2.75, 3.05) is 26.7 Å². The van der Waals surface area contributed by atoms with Gasteiger partial charge in [-0.2, -0.15) is 0 Å². The molecular formula is C16H24N2O. The summed E-state index contributed by atoms with van der Waals surface area (Å²) >= 11 is 0. The predicted octanol–water partition coefficient (Wildman–Crippen LogP) is 1.59. The Kier molecular flexibility index (Phi) is 7.92. The average Bonchev–Trinajstić information content (AvgIpc) is 2.42. The van der Waals surface area contributed by atoms with Crippen LogP contribution in [0.15, 0.2) is 24.3 Å². The molecule has 0 unspecified atom stereocenters. The molecule has 0 amide bonds. The van der Waals surface area contributed by atoms with Gasteiger partial charge in [0.25, 0.3) is 0 Å². The summed E-state index contributed by atoms with van der Waals surface area (Å²) in [6, 6.07) is 8.29. The average molecular weight is 260 g/mol. The van der Waals surface area contributed by atoms with E-state index >= 15 is 0 Å². The van der Waals surface area contributed by atoms with Gasteiger partial charge in [-0.15, -0.1) is 0 Å². The zero-order valence-electron chi connectivity index (χ0n) is 11.7. The molecule has 0 aliphatic heterocycles. The van der Waals surface area contributed by atoms with Crippen LogP contribution in [-0.2, 0) is 6.54 Å². The zero-order valence-corrected chi connectivity index (χ0v) is 11.7. The molecule has 0 radical (unpaired) electrons. The lowest BCUT2D eigenvalue weighted by Gasteiger charge is -2.16. The minimum Gasteiger partial charge on any atom is -0.396 e. The highest BCUT2D eigenvalue weighted by molar-refractivity contribution is 5.37. The van der Waals surface area contributed by atoms with Gasteiger partial charge in [0.2, 0.25) is 0 Å². The summed E-state index contributed by atoms with van der Waals surface area (Å²) in [5.41, 5.74) is 7.67. The standard InChI is InChI=1S/C16H24N2O/c1-18(11-3-2-4-12-19)14-16-8-5-7-15(13-16)9-6-10-17/h5,7-8,13,19H,2-4,10-12,14,17H2,1H3. The molecule has 0 atom stereocenters. The van der Waals surface area contributed by atoms with E-state index in [9.17, 15) is 0 Å². The lowest BCUT2D eigenvalue weighted by atomic mass is 10.1. The van der Waals surface area contributed by atoms with Gasteiger partial charge in [-0.25, -0.2) is 0 Å². The van der Waals surface area contributed by atoms with Gasteiger partial charge < -0.3 is 15.7 Å². The smallest absolute Gasteiger partial charge is 0.0555 e. The van der Waals surface area contributed by atoms with E-state index in [2.05, 4.69) is 35.9 Å².